The average molecular weight is 244 g/mol. The monoisotopic (exact) mass is 244 g/mol. The molecule has 0 saturated heterocycles. The lowest BCUT2D eigenvalue weighted by molar-refractivity contribution is -0.117. The molecule has 1 amide bonds. The van der Waals surface area contributed by atoms with Gasteiger partial charge in [0.15, 0.2) is 0 Å². The lowest BCUT2D eigenvalue weighted by Crippen LogP contribution is -2.15. The van der Waals surface area contributed by atoms with Crippen molar-refractivity contribution in [1.82, 2.24) is 9.55 Å². The number of nitrogens with zero attached hydrogens (tertiary/aromatic N) is 2. The molecule has 1 aromatic carbocycles. The fourth-order valence-corrected chi connectivity index (χ4v) is 1.78. The molecule has 2 rings (SSSR count). The number of rotatable bonds is 5. The third-order valence-electron chi connectivity index (χ3n) is 2.76. The number of imidazole rings is 1. The van der Waals surface area contributed by atoms with Gasteiger partial charge in [0.05, 0.1) is 25.0 Å². The van der Waals surface area contributed by atoms with Crippen molar-refractivity contribution < 1.29 is 4.79 Å². The molecule has 0 saturated carbocycles. The van der Waals surface area contributed by atoms with Crippen molar-refractivity contribution in [2.24, 2.45) is 12.8 Å². The molecule has 0 aliphatic heterocycles. The standard InChI is InChI=1S/C13H16N4O/c1-17-9-15-7-11(17)8-16-12-5-3-2-4-10(12)6-13(14)18/h2-5,7,9,16H,6,8H2,1H3,(H2,14,18). The fraction of sp³-hybridized carbons (Fsp3) is 0.231. The third kappa shape index (κ3) is 2.88. The van der Waals surface area contributed by atoms with E-state index >= 15 is 0 Å². The van der Waals surface area contributed by atoms with Crippen molar-refractivity contribution in [2.45, 2.75) is 13.0 Å². The second kappa shape index (κ2) is 5.35. The number of nitrogens with two attached hydrogens (primary N) is 1. The lowest BCUT2D eigenvalue weighted by atomic mass is 10.1. The van der Waals surface area contributed by atoms with Gasteiger partial charge in [-0.1, -0.05) is 18.2 Å². The maximum Gasteiger partial charge on any atom is 0.221 e. The summed E-state index contributed by atoms with van der Waals surface area (Å²) in [6, 6.07) is 7.66. The van der Waals surface area contributed by atoms with E-state index in [0.29, 0.717) is 6.54 Å². The number of carbonyl (C=O) groups excluding carboxylic acids is 1. The maximum absolute atomic E-state index is 11.0. The Morgan fingerprint density at radius 1 is 1.44 bits per heavy atom. The molecule has 0 unspecified atom stereocenters. The summed E-state index contributed by atoms with van der Waals surface area (Å²) in [5.41, 5.74) is 8.14. The van der Waals surface area contributed by atoms with E-state index in [1.165, 1.54) is 0 Å². The Balaban J connectivity index is 2.09. The zero-order valence-electron chi connectivity index (χ0n) is 10.3. The molecule has 1 aromatic heterocycles. The molecule has 0 spiro atoms. The highest BCUT2D eigenvalue weighted by Crippen LogP contribution is 2.16. The van der Waals surface area contributed by atoms with E-state index in [2.05, 4.69) is 10.3 Å². The topological polar surface area (TPSA) is 72.9 Å². The molecule has 18 heavy (non-hydrogen) atoms. The van der Waals surface area contributed by atoms with Gasteiger partial charge in [0.1, 0.15) is 0 Å². The first-order valence-electron chi connectivity index (χ1n) is 5.72. The summed E-state index contributed by atoms with van der Waals surface area (Å²) in [6.07, 6.45) is 3.81. The Morgan fingerprint density at radius 3 is 2.89 bits per heavy atom. The molecule has 0 radical (unpaired) electrons. The molecule has 0 bridgehead atoms. The van der Waals surface area contributed by atoms with E-state index in [0.717, 1.165) is 16.9 Å². The number of benzene rings is 1. The number of para-hydroxylation sites is 1. The van der Waals surface area contributed by atoms with Crippen molar-refractivity contribution in [2.75, 3.05) is 5.32 Å². The van der Waals surface area contributed by atoms with Gasteiger partial charge in [0.2, 0.25) is 5.91 Å². The van der Waals surface area contributed by atoms with E-state index in [1.807, 2.05) is 42.1 Å². The van der Waals surface area contributed by atoms with Crippen LogP contribution in [0.25, 0.3) is 0 Å². The SMILES string of the molecule is Cn1cncc1CNc1ccccc1CC(N)=O. The van der Waals surface area contributed by atoms with Crippen LogP contribution in [0.1, 0.15) is 11.3 Å². The predicted molar refractivity (Wildman–Crippen MR) is 69.9 cm³/mol. The van der Waals surface area contributed by atoms with Gasteiger partial charge in [-0.25, -0.2) is 4.98 Å². The molecule has 0 aliphatic rings. The van der Waals surface area contributed by atoms with Crippen LogP contribution >= 0.6 is 0 Å². The van der Waals surface area contributed by atoms with Crippen LogP contribution < -0.4 is 11.1 Å². The summed E-state index contributed by atoms with van der Waals surface area (Å²) in [4.78, 5) is 15.0. The molecule has 0 aliphatic carbocycles. The average Bonchev–Trinajstić information content (AvgIpc) is 2.73. The van der Waals surface area contributed by atoms with E-state index in [-0.39, 0.29) is 12.3 Å². The molecule has 5 heteroatoms. The van der Waals surface area contributed by atoms with Crippen molar-refractivity contribution in [1.29, 1.82) is 0 Å². The van der Waals surface area contributed by atoms with Crippen LogP contribution in [0.4, 0.5) is 5.69 Å². The van der Waals surface area contributed by atoms with Gasteiger partial charge >= 0.3 is 0 Å². The first kappa shape index (κ1) is 12.2. The smallest absolute Gasteiger partial charge is 0.221 e. The van der Waals surface area contributed by atoms with Gasteiger partial charge in [-0.2, -0.15) is 0 Å². The van der Waals surface area contributed by atoms with Crippen LogP contribution in [0.2, 0.25) is 0 Å². The van der Waals surface area contributed by atoms with Gasteiger partial charge < -0.3 is 15.6 Å². The number of aromatic nitrogens is 2. The number of aryl methyl sites for hydroxylation is 1. The molecule has 2 aromatic rings. The minimum Gasteiger partial charge on any atom is -0.379 e. The highest BCUT2D eigenvalue weighted by molar-refractivity contribution is 5.78. The Kier molecular flexibility index (Phi) is 3.62. The molecule has 0 atom stereocenters. The van der Waals surface area contributed by atoms with Gasteiger partial charge in [0.25, 0.3) is 0 Å². The van der Waals surface area contributed by atoms with Crippen molar-refractivity contribution >= 4 is 11.6 Å². The molecule has 5 nitrogen and oxygen atoms in total. The second-order valence-electron chi connectivity index (χ2n) is 4.15. The van der Waals surface area contributed by atoms with Crippen LogP contribution in [0, 0.1) is 0 Å². The van der Waals surface area contributed by atoms with Crippen molar-refractivity contribution in [3.8, 4) is 0 Å². The van der Waals surface area contributed by atoms with Crippen LogP contribution in [0.3, 0.4) is 0 Å². The Labute approximate surface area is 106 Å². The quantitative estimate of drug-likeness (QED) is 0.826. The largest absolute Gasteiger partial charge is 0.379 e. The minimum absolute atomic E-state index is 0.245. The molecule has 3 N–H and O–H groups in total. The first-order valence-corrected chi connectivity index (χ1v) is 5.72. The number of anilines is 1. The van der Waals surface area contributed by atoms with Crippen LogP contribution in [0.5, 0.6) is 0 Å². The highest BCUT2D eigenvalue weighted by Gasteiger charge is 2.05. The number of hydrogen-bond donors (Lipinski definition) is 2. The van der Waals surface area contributed by atoms with Crippen LogP contribution in [0.15, 0.2) is 36.8 Å². The van der Waals surface area contributed by atoms with E-state index in [1.54, 1.807) is 6.33 Å². The first-order chi connectivity index (χ1) is 8.66. The van der Waals surface area contributed by atoms with Crippen molar-refractivity contribution in [3.63, 3.8) is 0 Å². The number of hydrogen-bond acceptors (Lipinski definition) is 3. The number of amides is 1. The van der Waals surface area contributed by atoms with Crippen LogP contribution in [-0.4, -0.2) is 15.5 Å². The second-order valence-corrected chi connectivity index (χ2v) is 4.15. The Bertz CT molecular complexity index is 547. The van der Waals surface area contributed by atoms with E-state index in [9.17, 15) is 4.79 Å². The zero-order chi connectivity index (χ0) is 13.0. The zero-order valence-corrected chi connectivity index (χ0v) is 10.3. The summed E-state index contributed by atoms with van der Waals surface area (Å²) in [5.74, 6) is -0.329. The van der Waals surface area contributed by atoms with Crippen LogP contribution in [-0.2, 0) is 24.8 Å². The summed E-state index contributed by atoms with van der Waals surface area (Å²) in [7, 11) is 1.94. The van der Waals surface area contributed by atoms with E-state index in [4.69, 9.17) is 5.73 Å². The van der Waals surface area contributed by atoms with Gasteiger partial charge in [-0.15, -0.1) is 0 Å². The minimum atomic E-state index is -0.329. The summed E-state index contributed by atoms with van der Waals surface area (Å²) in [5, 5.41) is 3.29. The normalized spacial score (nSPS) is 10.3. The maximum atomic E-state index is 11.0. The van der Waals surface area contributed by atoms with Crippen molar-refractivity contribution in [3.05, 3.63) is 48.0 Å². The number of primary amides is 1. The molecule has 94 valence electrons. The van der Waals surface area contributed by atoms with Gasteiger partial charge in [-0.3, -0.25) is 4.79 Å². The summed E-state index contributed by atoms with van der Waals surface area (Å²) < 4.78 is 1.95. The molecular weight excluding hydrogens is 228 g/mol. The lowest BCUT2D eigenvalue weighted by Gasteiger charge is -2.11. The molecular formula is C13H16N4O. The Hall–Kier alpha value is -2.30. The molecule has 1 heterocycles. The Morgan fingerprint density at radius 2 is 2.22 bits per heavy atom. The number of carbonyl (C=O) groups is 1. The summed E-state index contributed by atoms with van der Waals surface area (Å²) in [6.45, 7) is 0.659. The fourth-order valence-electron chi connectivity index (χ4n) is 1.78. The molecule has 0 fully saturated rings. The summed E-state index contributed by atoms with van der Waals surface area (Å²) >= 11 is 0. The van der Waals surface area contributed by atoms with Gasteiger partial charge in [-0.05, 0) is 11.6 Å². The predicted octanol–water partition coefficient (Wildman–Crippen LogP) is 1.06. The van der Waals surface area contributed by atoms with Gasteiger partial charge in [0, 0.05) is 18.9 Å². The van der Waals surface area contributed by atoms with E-state index < -0.39 is 0 Å². The number of nitrogens with one attached hydrogen (secondary N) is 1. The highest BCUT2D eigenvalue weighted by atomic mass is 16.1. The third-order valence-corrected chi connectivity index (χ3v) is 2.76.